The zero-order valence-corrected chi connectivity index (χ0v) is 11.4. The van der Waals surface area contributed by atoms with Gasteiger partial charge in [-0.25, -0.2) is 0 Å². The smallest absolute Gasteiger partial charge is 0.396 e. The molecule has 0 amide bonds. The van der Waals surface area contributed by atoms with Crippen molar-refractivity contribution in [3.8, 4) is 0 Å². The topological polar surface area (TPSA) is 32.3 Å². The average molecular weight is 275 g/mol. The van der Waals surface area contributed by atoms with Crippen molar-refractivity contribution >= 4 is 0 Å². The molecule has 108 valence electrons. The van der Waals surface area contributed by atoms with E-state index >= 15 is 0 Å². The van der Waals surface area contributed by atoms with Crippen LogP contribution in [0, 0.1) is 0 Å². The average Bonchev–Trinajstić information content (AvgIpc) is 2.27. The summed E-state index contributed by atoms with van der Waals surface area (Å²) in [5.41, 5.74) is -0.117. The predicted molar refractivity (Wildman–Crippen MR) is 68.8 cm³/mol. The van der Waals surface area contributed by atoms with Gasteiger partial charge in [0.1, 0.15) is 0 Å². The number of alkyl halides is 3. The molecule has 2 N–H and O–H groups in total. The molecule has 0 heterocycles. The first-order valence-corrected chi connectivity index (χ1v) is 6.21. The number of aliphatic hydroxyl groups is 1. The van der Waals surface area contributed by atoms with Crippen LogP contribution in [0.5, 0.6) is 0 Å². The van der Waals surface area contributed by atoms with Crippen molar-refractivity contribution in [3.63, 3.8) is 0 Å². The summed E-state index contributed by atoms with van der Waals surface area (Å²) < 4.78 is 37.3. The minimum atomic E-state index is -4.30. The fourth-order valence-electron chi connectivity index (χ4n) is 1.98. The molecule has 0 bridgehead atoms. The van der Waals surface area contributed by atoms with Crippen LogP contribution in [0.1, 0.15) is 44.4 Å². The second-order valence-corrected chi connectivity index (χ2v) is 5.34. The molecule has 2 nitrogen and oxygen atoms in total. The maximum atomic E-state index is 12.4. The van der Waals surface area contributed by atoms with Crippen molar-refractivity contribution in [3.05, 3.63) is 35.4 Å². The first-order chi connectivity index (χ1) is 8.65. The van der Waals surface area contributed by atoms with Crippen molar-refractivity contribution in [2.24, 2.45) is 0 Å². The highest BCUT2D eigenvalue weighted by Crippen LogP contribution is 2.30. The molecule has 1 rings (SSSR count). The summed E-state index contributed by atoms with van der Waals surface area (Å²) in [5.74, 6) is 0. The van der Waals surface area contributed by atoms with Crippen LogP contribution >= 0.6 is 0 Å². The zero-order chi connectivity index (χ0) is 14.7. The number of halogens is 3. The van der Waals surface area contributed by atoms with Gasteiger partial charge in [0.25, 0.3) is 0 Å². The molecule has 0 aliphatic carbocycles. The predicted octanol–water partition coefficient (Wildman–Crippen LogP) is 3.52. The molecule has 0 spiro atoms. The van der Waals surface area contributed by atoms with Crippen LogP contribution in [0.4, 0.5) is 13.2 Å². The lowest BCUT2D eigenvalue weighted by atomic mass is 9.97. The van der Waals surface area contributed by atoms with Crippen molar-refractivity contribution in [2.45, 2.75) is 44.9 Å². The Morgan fingerprint density at radius 3 is 2.11 bits per heavy atom. The minimum Gasteiger partial charge on any atom is -0.396 e. The number of hydrogen-bond acceptors (Lipinski definition) is 2. The van der Waals surface area contributed by atoms with Gasteiger partial charge in [-0.1, -0.05) is 12.1 Å². The van der Waals surface area contributed by atoms with E-state index in [0.717, 1.165) is 17.7 Å². The van der Waals surface area contributed by atoms with Crippen LogP contribution in [0.2, 0.25) is 0 Å². The van der Waals surface area contributed by atoms with Crippen molar-refractivity contribution in [1.82, 2.24) is 5.32 Å². The number of nitrogens with one attached hydrogen (secondary N) is 1. The summed E-state index contributed by atoms with van der Waals surface area (Å²) in [7, 11) is 0. The Kier molecular flexibility index (Phi) is 4.98. The highest BCUT2D eigenvalue weighted by atomic mass is 19.4. The van der Waals surface area contributed by atoms with E-state index in [1.165, 1.54) is 12.1 Å². The molecular formula is C14H20F3NO. The third kappa shape index (κ3) is 4.84. The van der Waals surface area contributed by atoms with Crippen LogP contribution in [-0.4, -0.2) is 17.3 Å². The molecule has 0 saturated carbocycles. The molecule has 0 saturated heterocycles. The fraction of sp³-hybridized carbons (Fsp3) is 0.571. The van der Waals surface area contributed by atoms with Crippen molar-refractivity contribution in [2.75, 3.05) is 6.61 Å². The van der Waals surface area contributed by atoms with E-state index in [-0.39, 0.29) is 18.2 Å². The molecule has 1 aromatic rings. The maximum absolute atomic E-state index is 12.4. The summed E-state index contributed by atoms with van der Waals surface area (Å²) in [5, 5.41) is 12.2. The van der Waals surface area contributed by atoms with Crippen LogP contribution in [0.3, 0.4) is 0 Å². The SMILES string of the molecule is CC(NC(C)(C)CCO)c1ccc(C(F)(F)F)cc1. The highest BCUT2D eigenvalue weighted by molar-refractivity contribution is 5.26. The summed E-state index contributed by atoms with van der Waals surface area (Å²) >= 11 is 0. The molecule has 5 heteroatoms. The molecule has 1 aromatic carbocycles. The monoisotopic (exact) mass is 275 g/mol. The van der Waals surface area contributed by atoms with Gasteiger partial charge >= 0.3 is 6.18 Å². The maximum Gasteiger partial charge on any atom is 0.416 e. The first-order valence-electron chi connectivity index (χ1n) is 6.21. The van der Waals surface area contributed by atoms with Gasteiger partial charge in [0.15, 0.2) is 0 Å². The van der Waals surface area contributed by atoms with E-state index < -0.39 is 11.7 Å². The molecule has 0 aliphatic rings. The minimum absolute atomic E-state index is 0.0692. The Labute approximate surface area is 111 Å². The van der Waals surface area contributed by atoms with Gasteiger partial charge in [0, 0.05) is 18.2 Å². The summed E-state index contributed by atoms with van der Waals surface area (Å²) in [6, 6.07) is 5.06. The quantitative estimate of drug-likeness (QED) is 0.861. The Hall–Kier alpha value is -1.07. The summed E-state index contributed by atoms with van der Waals surface area (Å²) in [4.78, 5) is 0. The van der Waals surface area contributed by atoms with E-state index in [2.05, 4.69) is 5.32 Å². The normalized spacial score (nSPS) is 14.5. The third-order valence-electron chi connectivity index (χ3n) is 3.08. The Bertz CT molecular complexity index is 398. The van der Waals surface area contributed by atoms with E-state index in [1.54, 1.807) is 0 Å². The Balaban J connectivity index is 2.76. The lowest BCUT2D eigenvalue weighted by Gasteiger charge is -2.30. The molecule has 0 fully saturated rings. The number of rotatable bonds is 5. The Morgan fingerprint density at radius 1 is 1.16 bits per heavy atom. The van der Waals surface area contributed by atoms with Crippen LogP contribution in [-0.2, 0) is 6.18 Å². The van der Waals surface area contributed by atoms with Gasteiger partial charge in [-0.05, 0) is 44.9 Å². The van der Waals surface area contributed by atoms with Crippen molar-refractivity contribution < 1.29 is 18.3 Å². The van der Waals surface area contributed by atoms with Crippen molar-refractivity contribution in [1.29, 1.82) is 0 Å². The van der Waals surface area contributed by atoms with Gasteiger partial charge in [0.05, 0.1) is 5.56 Å². The van der Waals surface area contributed by atoms with Gasteiger partial charge in [0.2, 0.25) is 0 Å². The van der Waals surface area contributed by atoms with Gasteiger partial charge in [-0.2, -0.15) is 13.2 Å². The number of aliphatic hydroxyl groups excluding tert-OH is 1. The van der Waals surface area contributed by atoms with Gasteiger partial charge in [-0.3, -0.25) is 0 Å². The van der Waals surface area contributed by atoms with Crippen LogP contribution in [0.15, 0.2) is 24.3 Å². The molecule has 1 unspecified atom stereocenters. The highest BCUT2D eigenvalue weighted by Gasteiger charge is 2.30. The Morgan fingerprint density at radius 2 is 1.68 bits per heavy atom. The second kappa shape index (κ2) is 5.92. The summed E-state index contributed by atoms with van der Waals surface area (Å²) in [6.45, 7) is 5.86. The molecule has 0 aliphatic heterocycles. The molecule has 1 atom stereocenters. The van der Waals surface area contributed by atoms with Gasteiger partial charge < -0.3 is 10.4 Å². The largest absolute Gasteiger partial charge is 0.416 e. The van der Waals surface area contributed by atoms with Crippen LogP contribution < -0.4 is 5.32 Å². The van der Waals surface area contributed by atoms with Gasteiger partial charge in [-0.15, -0.1) is 0 Å². The first kappa shape index (κ1) is 16.0. The third-order valence-corrected chi connectivity index (χ3v) is 3.08. The zero-order valence-electron chi connectivity index (χ0n) is 11.4. The standard InChI is InChI=1S/C14H20F3NO/c1-10(18-13(2,3)8-9-19)11-4-6-12(7-5-11)14(15,16)17/h4-7,10,18-19H,8-9H2,1-3H3. The lowest BCUT2D eigenvalue weighted by Crippen LogP contribution is -2.41. The van der Waals surface area contributed by atoms with E-state index in [1.807, 2.05) is 20.8 Å². The van der Waals surface area contributed by atoms with Crippen LogP contribution in [0.25, 0.3) is 0 Å². The summed E-state index contributed by atoms with van der Waals surface area (Å²) in [6.07, 6.45) is -3.72. The van der Waals surface area contributed by atoms with E-state index in [4.69, 9.17) is 5.11 Å². The molecule has 0 radical (unpaired) electrons. The molecule has 19 heavy (non-hydrogen) atoms. The second-order valence-electron chi connectivity index (χ2n) is 5.34. The number of hydrogen-bond donors (Lipinski definition) is 2. The van der Waals surface area contributed by atoms with E-state index in [0.29, 0.717) is 6.42 Å². The van der Waals surface area contributed by atoms with E-state index in [9.17, 15) is 13.2 Å². The number of benzene rings is 1. The molecule has 0 aromatic heterocycles. The molecular weight excluding hydrogens is 255 g/mol. The fourth-order valence-corrected chi connectivity index (χ4v) is 1.98. The lowest BCUT2D eigenvalue weighted by molar-refractivity contribution is -0.137.